The Morgan fingerprint density at radius 3 is 2.46 bits per heavy atom. The van der Waals surface area contributed by atoms with Crippen LogP contribution in [0.4, 0.5) is 4.79 Å². The summed E-state index contributed by atoms with van der Waals surface area (Å²) in [6.07, 6.45) is 3.49. The van der Waals surface area contributed by atoms with Gasteiger partial charge in [0.15, 0.2) is 0 Å². The van der Waals surface area contributed by atoms with Crippen molar-refractivity contribution >= 4 is 6.09 Å². The van der Waals surface area contributed by atoms with Gasteiger partial charge < -0.3 is 15.0 Å². The van der Waals surface area contributed by atoms with Gasteiger partial charge >= 0.3 is 6.09 Å². The summed E-state index contributed by atoms with van der Waals surface area (Å²) in [6.45, 7) is 3.39. The van der Waals surface area contributed by atoms with Gasteiger partial charge in [-0.2, -0.15) is 0 Å². The molecule has 13 heavy (non-hydrogen) atoms. The minimum atomic E-state index is -0.119. The maximum atomic E-state index is 11.5. The van der Waals surface area contributed by atoms with Crippen LogP contribution in [0.3, 0.4) is 0 Å². The Bertz CT molecular complexity index is 186. The fourth-order valence-corrected chi connectivity index (χ4v) is 1.64. The summed E-state index contributed by atoms with van der Waals surface area (Å²) in [7, 11) is 0. The third-order valence-electron chi connectivity index (χ3n) is 2.63. The van der Waals surface area contributed by atoms with E-state index in [4.69, 9.17) is 4.74 Å². The third-order valence-corrected chi connectivity index (χ3v) is 2.63. The molecule has 0 unspecified atom stereocenters. The highest BCUT2D eigenvalue weighted by molar-refractivity contribution is 5.68. The number of nitrogens with one attached hydrogen (secondary N) is 1. The highest BCUT2D eigenvalue weighted by Gasteiger charge is 2.25. The van der Waals surface area contributed by atoms with Crippen molar-refractivity contribution in [2.75, 3.05) is 26.2 Å². The average molecular weight is 184 g/mol. The molecule has 0 radical (unpaired) electrons. The number of hydrogen-bond donors (Lipinski definition) is 1. The van der Waals surface area contributed by atoms with Crippen molar-refractivity contribution in [1.82, 2.24) is 10.2 Å². The molecule has 2 fully saturated rings. The molecular weight excluding hydrogens is 168 g/mol. The molecule has 2 aliphatic rings. The Morgan fingerprint density at radius 2 is 1.92 bits per heavy atom. The minimum absolute atomic E-state index is 0.119. The zero-order valence-corrected chi connectivity index (χ0v) is 7.79. The first-order valence-electron chi connectivity index (χ1n) is 5.02. The predicted molar refractivity (Wildman–Crippen MR) is 48.6 cm³/mol. The smallest absolute Gasteiger partial charge is 0.410 e. The van der Waals surface area contributed by atoms with Gasteiger partial charge in [-0.15, -0.1) is 0 Å². The van der Waals surface area contributed by atoms with Crippen LogP contribution in [0.1, 0.15) is 19.3 Å². The van der Waals surface area contributed by atoms with Crippen LogP contribution in [0.5, 0.6) is 0 Å². The maximum absolute atomic E-state index is 11.5. The number of likely N-dealkylation sites (tertiary alicyclic amines) is 1. The summed E-state index contributed by atoms with van der Waals surface area (Å²) >= 11 is 0. The minimum Gasteiger partial charge on any atom is -0.443 e. The molecule has 2 heterocycles. The van der Waals surface area contributed by atoms with Crippen molar-refractivity contribution in [2.24, 2.45) is 0 Å². The van der Waals surface area contributed by atoms with Gasteiger partial charge in [0, 0.05) is 26.2 Å². The van der Waals surface area contributed by atoms with Crippen molar-refractivity contribution in [3.05, 3.63) is 0 Å². The molecule has 2 aliphatic heterocycles. The standard InChI is InChI=1S/C9H16N2O2/c12-9(13-8-6-10-7-8)11-4-2-1-3-5-11/h8,10H,1-7H2. The number of ether oxygens (including phenoxy) is 1. The number of carbonyl (C=O) groups is 1. The topological polar surface area (TPSA) is 41.6 Å². The Kier molecular flexibility index (Phi) is 2.68. The zero-order valence-electron chi connectivity index (χ0n) is 7.79. The van der Waals surface area contributed by atoms with Gasteiger partial charge in [0.2, 0.25) is 0 Å². The molecule has 0 aliphatic carbocycles. The van der Waals surface area contributed by atoms with Gasteiger partial charge in [-0.05, 0) is 19.3 Å². The summed E-state index contributed by atoms with van der Waals surface area (Å²) in [4.78, 5) is 13.3. The van der Waals surface area contributed by atoms with Crippen LogP contribution in [-0.2, 0) is 4.74 Å². The normalized spacial score (nSPS) is 23.8. The van der Waals surface area contributed by atoms with Crippen molar-refractivity contribution in [3.8, 4) is 0 Å². The van der Waals surface area contributed by atoms with E-state index in [1.165, 1.54) is 6.42 Å². The van der Waals surface area contributed by atoms with Crippen LogP contribution >= 0.6 is 0 Å². The molecule has 1 N–H and O–H groups in total. The van der Waals surface area contributed by atoms with Gasteiger partial charge in [0.25, 0.3) is 0 Å². The van der Waals surface area contributed by atoms with E-state index in [-0.39, 0.29) is 12.2 Å². The lowest BCUT2D eigenvalue weighted by molar-refractivity contribution is 0.0353. The summed E-state index contributed by atoms with van der Waals surface area (Å²) in [5, 5.41) is 3.07. The monoisotopic (exact) mass is 184 g/mol. The number of hydrogen-bond acceptors (Lipinski definition) is 3. The van der Waals surface area contributed by atoms with Crippen LogP contribution in [-0.4, -0.2) is 43.3 Å². The van der Waals surface area contributed by atoms with E-state index in [0.717, 1.165) is 39.0 Å². The van der Waals surface area contributed by atoms with Gasteiger partial charge in [-0.3, -0.25) is 0 Å². The summed E-state index contributed by atoms with van der Waals surface area (Å²) in [5.74, 6) is 0. The number of piperidine rings is 1. The Balaban J connectivity index is 1.74. The number of amides is 1. The summed E-state index contributed by atoms with van der Waals surface area (Å²) in [5.41, 5.74) is 0. The van der Waals surface area contributed by atoms with E-state index in [1.54, 1.807) is 0 Å². The van der Waals surface area contributed by atoms with Crippen LogP contribution in [0.15, 0.2) is 0 Å². The first kappa shape index (κ1) is 8.81. The Hall–Kier alpha value is -0.770. The molecule has 0 bridgehead atoms. The lowest BCUT2D eigenvalue weighted by Crippen LogP contribution is -2.51. The molecule has 1 amide bonds. The Labute approximate surface area is 78.2 Å². The van der Waals surface area contributed by atoms with Crippen LogP contribution < -0.4 is 5.32 Å². The second-order valence-corrected chi connectivity index (χ2v) is 3.71. The van der Waals surface area contributed by atoms with Gasteiger partial charge in [0.05, 0.1) is 0 Å². The van der Waals surface area contributed by atoms with E-state index in [2.05, 4.69) is 5.32 Å². The molecule has 2 saturated heterocycles. The number of carbonyl (C=O) groups excluding carboxylic acids is 1. The molecular formula is C9H16N2O2. The molecule has 0 atom stereocenters. The number of rotatable bonds is 1. The summed E-state index contributed by atoms with van der Waals surface area (Å²) in [6, 6.07) is 0. The van der Waals surface area contributed by atoms with Crippen molar-refractivity contribution in [1.29, 1.82) is 0 Å². The average Bonchev–Trinajstić information content (AvgIpc) is 2.12. The van der Waals surface area contributed by atoms with E-state index in [0.29, 0.717) is 0 Å². The fourth-order valence-electron chi connectivity index (χ4n) is 1.64. The lowest BCUT2D eigenvalue weighted by Gasteiger charge is -2.31. The van der Waals surface area contributed by atoms with Crippen LogP contribution in [0, 0.1) is 0 Å². The number of nitrogens with zero attached hydrogens (tertiary/aromatic N) is 1. The van der Waals surface area contributed by atoms with Crippen molar-refractivity contribution in [2.45, 2.75) is 25.4 Å². The Morgan fingerprint density at radius 1 is 1.23 bits per heavy atom. The molecule has 0 aromatic carbocycles. The third kappa shape index (κ3) is 2.12. The van der Waals surface area contributed by atoms with Gasteiger partial charge in [0.1, 0.15) is 6.10 Å². The predicted octanol–water partition coefficient (Wildman–Crippen LogP) is 0.581. The molecule has 2 rings (SSSR count). The van der Waals surface area contributed by atoms with Crippen LogP contribution in [0.2, 0.25) is 0 Å². The van der Waals surface area contributed by atoms with Crippen molar-refractivity contribution in [3.63, 3.8) is 0 Å². The van der Waals surface area contributed by atoms with Gasteiger partial charge in [-0.1, -0.05) is 0 Å². The molecule has 4 heteroatoms. The first-order chi connectivity index (χ1) is 6.36. The van der Waals surface area contributed by atoms with Crippen molar-refractivity contribution < 1.29 is 9.53 Å². The zero-order chi connectivity index (χ0) is 9.10. The quantitative estimate of drug-likeness (QED) is 0.648. The lowest BCUT2D eigenvalue weighted by atomic mass is 10.1. The molecule has 0 saturated carbocycles. The first-order valence-corrected chi connectivity index (χ1v) is 5.02. The van der Waals surface area contributed by atoms with E-state index in [9.17, 15) is 4.79 Å². The van der Waals surface area contributed by atoms with Crippen LogP contribution in [0.25, 0.3) is 0 Å². The highest BCUT2D eigenvalue weighted by Crippen LogP contribution is 2.11. The molecule has 0 spiro atoms. The molecule has 0 aromatic rings. The van der Waals surface area contributed by atoms with E-state index < -0.39 is 0 Å². The second kappa shape index (κ2) is 3.96. The molecule has 74 valence electrons. The highest BCUT2D eigenvalue weighted by atomic mass is 16.6. The van der Waals surface area contributed by atoms with Gasteiger partial charge in [-0.25, -0.2) is 4.79 Å². The maximum Gasteiger partial charge on any atom is 0.410 e. The second-order valence-electron chi connectivity index (χ2n) is 3.71. The SMILES string of the molecule is O=C(OC1CNC1)N1CCCCC1. The largest absolute Gasteiger partial charge is 0.443 e. The fraction of sp³-hybridized carbons (Fsp3) is 0.889. The summed E-state index contributed by atoms with van der Waals surface area (Å²) < 4.78 is 5.25. The molecule has 0 aromatic heterocycles. The van der Waals surface area contributed by atoms with E-state index in [1.807, 2.05) is 4.90 Å². The molecule has 4 nitrogen and oxygen atoms in total. The van der Waals surface area contributed by atoms with E-state index >= 15 is 0 Å².